The molecule has 0 saturated heterocycles. The minimum atomic E-state index is -0.554. The summed E-state index contributed by atoms with van der Waals surface area (Å²) >= 11 is 0. The smallest absolute Gasteiger partial charge is 0.338 e. The quantitative estimate of drug-likeness (QED) is 0.621. The van der Waals surface area contributed by atoms with E-state index in [-0.39, 0.29) is 24.3 Å². The summed E-state index contributed by atoms with van der Waals surface area (Å²) in [6.07, 6.45) is 5.04. The van der Waals surface area contributed by atoms with E-state index in [0.717, 1.165) is 24.8 Å². The van der Waals surface area contributed by atoms with Crippen LogP contribution in [0.1, 0.15) is 53.5 Å². The molecule has 1 N–H and O–H groups in total. The summed E-state index contributed by atoms with van der Waals surface area (Å²) in [4.78, 5) is 34.8. The Balaban J connectivity index is 1.51. The molecule has 2 atom stereocenters. The van der Waals surface area contributed by atoms with Gasteiger partial charge in [0.2, 0.25) is 0 Å². The SMILES string of the molecule is C[C@H]1CCCC[C@H]1NC(=O)COC(=O)c1ccc(-c2ccc(C=O)o2)cc1. The summed E-state index contributed by atoms with van der Waals surface area (Å²) in [6, 6.07) is 10.0. The lowest BCUT2D eigenvalue weighted by Gasteiger charge is -2.29. The zero-order valence-electron chi connectivity index (χ0n) is 15.3. The largest absolute Gasteiger partial charge is 0.453 e. The number of aldehydes is 1. The van der Waals surface area contributed by atoms with Gasteiger partial charge in [-0.1, -0.05) is 31.9 Å². The Labute approximate surface area is 157 Å². The number of benzene rings is 1. The van der Waals surface area contributed by atoms with Gasteiger partial charge in [-0.3, -0.25) is 9.59 Å². The highest BCUT2D eigenvalue weighted by molar-refractivity contribution is 5.91. The molecular weight excluding hydrogens is 346 g/mol. The van der Waals surface area contributed by atoms with Crippen LogP contribution >= 0.6 is 0 Å². The van der Waals surface area contributed by atoms with Crippen molar-refractivity contribution in [1.82, 2.24) is 5.32 Å². The van der Waals surface area contributed by atoms with Crippen molar-refractivity contribution in [2.75, 3.05) is 6.61 Å². The van der Waals surface area contributed by atoms with Crippen molar-refractivity contribution >= 4 is 18.2 Å². The third kappa shape index (κ3) is 4.84. The van der Waals surface area contributed by atoms with E-state index in [0.29, 0.717) is 23.5 Å². The molecule has 6 nitrogen and oxygen atoms in total. The van der Waals surface area contributed by atoms with Crippen LogP contribution < -0.4 is 5.32 Å². The molecule has 142 valence electrons. The van der Waals surface area contributed by atoms with Crippen molar-refractivity contribution in [2.24, 2.45) is 5.92 Å². The zero-order valence-corrected chi connectivity index (χ0v) is 15.3. The van der Waals surface area contributed by atoms with Gasteiger partial charge < -0.3 is 14.5 Å². The summed E-state index contributed by atoms with van der Waals surface area (Å²) in [5.41, 5.74) is 1.09. The second-order valence-corrected chi connectivity index (χ2v) is 6.91. The molecule has 1 aromatic heterocycles. The Morgan fingerprint density at radius 1 is 1.15 bits per heavy atom. The Morgan fingerprint density at radius 3 is 2.56 bits per heavy atom. The summed E-state index contributed by atoms with van der Waals surface area (Å²) in [5.74, 6) is 0.411. The van der Waals surface area contributed by atoms with Gasteiger partial charge in [-0.25, -0.2) is 4.79 Å². The number of amides is 1. The topological polar surface area (TPSA) is 85.6 Å². The molecule has 1 aliphatic carbocycles. The van der Waals surface area contributed by atoms with Gasteiger partial charge in [-0.2, -0.15) is 0 Å². The molecule has 1 aromatic carbocycles. The molecule has 1 fully saturated rings. The molecule has 1 aliphatic rings. The lowest BCUT2D eigenvalue weighted by atomic mass is 9.86. The van der Waals surface area contributed by atoms with Crippen molar-refractivity contribution < 1.29 is 23.5 Å². The minimum Gasteiger partial charge on any atom is -0.453 e. The first-order valence-electron chi connectivity index (χ1n) is 9.19. The van der Waals surface area contributed by atoms with Gasteiger partial charge in [0.05, 0.1) is 5.56 Å². The van der Waals surface area contributed by atoms with Gasteiger partial charge in [0.25, 0.3) is 5.91 Å². The van der Waals surface area contributed by atoms with Crippen LogP contribution in [0.4, 0.5) is 0 Å². The maximum atomic E-state index is 12.1. The first-order valence-corrected chi connectivity index (χ1v) is 9.19. The molecule has 2 aromatic rings. The van der Waals surface area contributed by atoms with Gasteiger partial charge in [-0.15, -0.1) is 0 Å². The second-order valence-electron chi connectivity index (χ2n) is 6.91. The van der Waals surface area contributed by atoms with E-state index in [9.17, 15) is 14.4 Å². The third-order valence-corrected chi connectivity index (χ3v) is 4.94. The summed E-state index contributed by atoms with van der Waals surface area (Å²) < 4.78 is 10.5. The molecule has 0 radical (unpaired) electrons. The third-order valence-electron chi connectivity index (χ3n) is 4.94. The molecule has 6 heteroatoms. The standard InChI is InChI=1S/C21H23NO5/c1-14-4-2-3-5-18(14)22-20(24)13-26-21(25)16-8-6-15(7-9-16)19-11-10-17(12-23)27-19/h6-12,14,18H,2-5,13H2,1H3,(H,22,24)/t14-,18+/m0/s1. The number of carbonyl (C=O) groups is 3. The predicted octanol–water partition coefficient (Wildman–Crippen LogP) is 3.61. The second kappa shape index (κ2) is 8.66. The summed E-state index contributed by atoms with van der Waals surface area (Å²) in [7, 11) is 0. The lowest BCUT2D eigenvalue weighted by Crippen LogP contribution is -2.42. The maximum absolute atomic E-state index is 12.1. The van der Waals surface area contributed by atoms with E-state index in [1.165, 1.54) is 6.42 Å². The lowest BCUT2D eigenvalue weighted by molar-refractivity contribution is -0.125. The van der Waals surface area contributed by atoms with E-state index in [2.05, 4.69) is 12.2 Å². The fraction of sp³-hybridized carbons (Fsp3) is 0.381. The highest BCUT2D eigenvalue weighted by Gasteiger charge is 2.23. The molecular formula is C21H23NO5. The van der Waals surface area contributed by atoms with Crippen LogP contribution in [0.25, 0.3) is 11.3 Å². The van der Waals surface area contributed by atoms with Crippen molar-refractivity contribution in [1.29, 1.82) is 0 Å². The Hall–Kier alpha value is -2.89. The monoisotopic (exact) mass is 369 g/mol. The number of furan rings is 1. The first-order chi connectivity index (χ1) is 13.1. The fourth-order valence-corrected chi connectivity index (χ4v) is 3.34. The van der Waals surface area contributed by atoms with Crippen molar-refractivity contribution in [3.63, 3.8) is 0 Å². The number of hydrogen-bond donors (Lipinski definition) is 1. The molecule has 1 heterocycles. The molecule has 3 rings (SSSR count). The minimum absolute atomic E-state index is 0.161. The van der Waals surface area contributed by atoms with Crippen molar-refractivity contribution in [3.05, 3.63) is 47.7 Å². The Morgan fingerprint density at radius 2 is 1.89 bits per heavy atom. The average molecular weight is 369 g/mol. The molecule has 0 spiro atoms. The predicted molar refractivity (Wildman–Crippen MR) is 99.4 cm³/mol. The van der Waals surface area contributed by atoms with Gasteiger partial charge in [0.1, 0.15) is 5.76 Å². The highest BCUT2D eigenvalue weighted by Crippen LogP contribution is 2.24. The molecule has 0 aliphatic heterocycles. The van der Waals surface area contributed by atoms with Crippen LogP contribution in [-0.2, 0) is 9.53 Å². The zero-order chi connectivity index (χ0) is 19.2. The number of esters is 1. The number of hydrogen-bond acceptors (Lipinski definition) is 5. The number of rotatable bonds is 6. The fourth-order valence-electron chi connectivity index (χ4n) is 3.34. The van der Waals surface area contributed by atoms with E-state index in [1.54, 1.807) is 36.4 Å². The maximum Gasteiger partial charge on any atom is 0.338 e. The van der Waals surface area contributed by atoms with Gasteiger partial charge in [0, 0.05) is 11.6 Å². The molecule has 0 unspecified atom stereocenters. The van der Waals surface area contributed by atoms with E-state index in [1.807, 2.05) is 0 Å². The van der Waals surface area contributed by atoms with Crippen molar-refractivity contribution in [3.8, 4) is 11.3 Å². The average Bonchev–Trinajstić information content (AvgIpc) is 3.17. The molecule has 27 heavy (non-hydrogen) atoms. The van der Waals surface area contributed by atoms with Gasteiger partial charge >= 0.3 is 5.97 Å². The Kier molecular flexibility index (Phi) is 6.06. The van der Waals surface area contributed by atoms with Crippen LogP contribution in [0, 0.1) is 5.92 Å². The normalized spacial score (nSPS) is 19.3. The van der Waals surface area contributed by atoms with Crippen LogP contribution in [0.5, 0.6) is 0 Å². The van der Waals surface area contributed by atoms with E-state index >= 15 is 0 Å². The van der Waals surface area contributed by atoms with Crippen molar-refractivity contribution in [2.45, 2.75) is 38.6 Å². The van der Waals surface area contributed by atoms with Gasteiger partial charge in [0.15, 0.2) is 18.7 Å². The number of ether oxygens (including phenoxy) is 1. The summed E-state index contributed by atoms with van der Waals surface area (Å²) in [6.45, 7) is 1.85. The molecule has 1 saturated carbocycles. The van der Waals surface area contributed by atoms with Crippen LogP contribution in [-0.4, -0.2) is 30.8 Å². The summed E-state index contributed by atoms with van der Waals surface area (Å²) in [5, 5.41) is 2.96. The van der Waals surface area contributed by atoms with Gasteiger partial charge in [-0.05, 0) is 43.0 Å². The van der Waals surface area contributed by atoms with Crippen LogP contribution in [0.3, 0.4) is 0 Å². The first kappa shape index (κ1) is 18.9. The molecule has 1 amide bonds. The number of carbonyl (C=O) groups excluding carboxylic acids is 3. The number of nitrogens with one attached hydrogen (secondary N) is 1. The van der Waals surface area contributed by atoms with E-state index < -0.39 is 5.97 Å². The van der Waals surface area contributed by atoms with E-state index in [4.69, 9.17) is 9.15 Å². The van der Waals surface area contributed by atoms with Crippen LogP contribution in [0.15, 0.2) is 40.8 Å². The Bertz CT molecular complexity index is 808. The van der Waals surface area contributed by atoms with Crippen LogP contribution in [0.2, 0.25) is 0 Å². The molecule has 0 bridgehead atoms. The highest BCUT2D eigenvalue weighted by atomic mass is 16.5.